The van der Waals surface area contributed by atoms with Crippen LogP contribution in [0.4, 0.5) is 10.8 Å². The maximum atomic E-state index is 12.8. The van der Waals surface area contributed by atoms with Crippen LogP contribution in [-0.4, -0.2) is 28.8 Å². The first-order valence-corrected chi connectivity index (χ1v) is 11.6. The van der Waals surface area contributed by atoms with E-state index in [4.69, 9.17) is 0 Å². The number of hydrogen-bond acceptors (Lipinski definition) is 7. The summed E-state index contributed by atoms with van der Waals surface area (Å²) in [7, 11) is -3.92. The van der Waals surface area contributed by atoms with Crippen LogP contribution in [0.2, 0.25) is 0 Å². The molecule has 1 amide bonds. The maximum Gasteiger partial charge on any atom is 0.269 e. The predicted molar refractivity (Wildman–Crippen MR) is 119 cm³/mol. The first-order valence-electron chi connectivity index (χ1n) is 9.26. The van der Waals surface area contributed by atoms with Crippen molar-refractivity contribution >= 4 is 37.9 Å². The van der Waals surface area contributed by atoms with Gasteiger partial charge in [-0.2, -0.15) is 0 Å². The second-order valence-corrected chi connectivity index (χ2v) is 9.99. The van der Waals surface area contributed by atoms with E-state index in [0.29, 0.717) is 5.56 Å². The number of aryl methyl sites for hydroxylation is 1. The fraction of sp³-hybridized carbons (Fsp3) is 0.0476. The van der Waals surface area contributed by atoms with Gasteiger partial charge in [0, 0.05) is 35.8 Å². The fourth-order valence-corrected chi connectivity index (χ4v) is 5.43. The number of carbonyl (C=O) groups is 1. The van der Waals surface area contributed by atoms with Crippen LogP contribution < -0.4 is 5.32 Å². The molecule has 0 fully saturated rings. The van der Waals surface area contributed by atoms with E-state index in [1.165, 1.54) is 12.1 Å². The minimum atomic E-state index is -3.92. The summed E-state index contributed by atoms with van der Waals surface area (Å²) in [5.74, 6) is -0.424. The summed E-state index contributed by atoms with van der Waals surface area (Å²) in [6.07, 6.45) is 4.90. The summed E-state index contributed by atoms with van der Waals surface area (Å²) >= 11 is 0.803. The Morgan fingerprint density at radius 2 is 1.81 bits per heavy atom. The third-order valence-electron chi connectivity index (χ3n) is 4.68. The highest BCUT2D eigenvalue weighted by molar-refractivity contribution is 7.93. The molecule has 1 N–H and O–H groups in total. The number of hydrogen-bond donors (Lipinski definition) is 1. The molecule has 0 radical (unpaired) electrons. The van der Waals surface area contributed by atoms with Crippen molar-refractivity contribution in [3.63, 3.8) is 0 Å². The van der Waals surface area contributed by atoms with Gasteiger partial charge in [-0.05, 0) is 48.9 Å². The van der Waals surface area contributed by atoms with Crippen molar-refractivity contribution in [2.24, 2.45) is 0 Å². The molecular formula is C21H16N4O5S2. The minimum Gasteiger partial charge on any atom is -0.324 e. The Labute approximate surface area is 187 Å². The van der Waals surface area contributed by atoms with Gasteiger partial charge < -0.3 is 4.57 Å². The van der Waals surface area contributed by atoms with Gasteiger partial charge in [-0.1, -0.05) is 17.4 Å². The van der Waals surface area contributed by atoms with Gasteiger partial charge in [0.1, 0.15) is 4.21 Å². The zero-order valence-corrected chi connectivity index (χ0v) is 18.3. The molecule has 0 bridgehead atoms. The molecule has 0 saturated carbocycles. The van der Waals surface area contributed by atoms with Crippen LogP contribution in [0.5, 0.6) is 0 Å². The van der Waals surface area contributed by atoms with E-state index in [1.54, 1.807) is 12.1 Å². The molecule has 0 saturated heterocycles. The van der Waals surface area contributed by atoms with Crippen LogP contribution in [0, 0.1) is 17.0 Å². The molecule has 11 heteroatoms. The SMILES string of the molecule is Cc1ccc(C(=O)Nc2ncc(S(=O)(=O)c3ccc([N+](=O)[O-])cc3)s2)cc1-n1cccc1. The monoisotopic (exact) mass is 468 g/mol. The number of carbonyl (C=O) groups excluding carboxylic acids is 1. The predicted octanol–water partition coefficient (Wildman–Crippen LogP) is 4.24. The molecule has 162 valence electrons. The molecule has 4 rings (SSSR count). The van der Waals surface area contributed by atoms with Gasteiger partial charge in [-0.25, -0.2) is 13.4 Å². The number of nitrogens with zero attached hydrogens (tertiary/aromatic N) is 3. The number of non-ortho nitro benzene ring substituents is 1. The summed E-state index contributed by atoms with van der Waals surface area (Å²) < 4.78 is 27.4. The first-order chi connectivity index (χ1) is 15.3. The number of benzene rings is 2. The Morgan fingerprint density at radius 3 is 2.47 bits per heavy atom. The van der Waals surface area contributed by atoms with Crippen molar-refractivity contribution in [1.29, 1.82) is 0 Å². The van der Waals surface area contributed by atoms with E-state index >= 15 is 0 Å². The molecule has 0 aliphatic heterocycles. The second-order valence-electron chi connectivity index (χ2n) is 6.78. The molecule has 0 unspecified atom stereocenters. The van der Waals surface area contributed by atoms with Crippen molar-refractivity contribution in [1.82, 2.24) is 9.55 Å². The van der Waals surface area contributed by atoms with Crippen molar-refractivity contribution in [3.8, 4) is 5.69 Å². The Hall–Kier alpha value is -3.83. The van der Waals surface area contributed by atoms with E-state index < -0.39 is 20.7 Å². The standard InChI is InChI=1S/C21H16N4O5S2/c1-14-4-5-15(12-18(14)24-10-2-3-11-24)20(26)23-21-22-13-19(31-21)32(29,30)17-8-6-16(7-9-17)25(27)28/h2-13H,1H3,(H,22,23,26). The Bertz CT molecular complexity index is 1410. The van der Waals surface area contributed by atoms with Crippen LogP contribution >= 0.6 is 11.3 Å². The number of anilines is 1. The number of thiazole rings is 1. The van der Waals surface area contributed by atoms with E-state index in [2.05, 4.69) is 10.3 Å². The van der Waals surface area contributed by atoms with Crippen LogP contribution in [0.15, 0.2) is 82.3 Å². The summed E-state index contributed by atoms with van der Waals surface area (Å²) in [5, 5.41) is 13.5. The fourth-order valence-electron chi connectivity index (χ4n) is 3.00. The molecule has 4 aromatic rings. The molecule has 2 heterocycles. The van der Waals surface area contributed by atoms with E-state index in [0.717, 1.165) is 40.9 Å². The number of nitrogens with one attached hydrogen (secondary N) is 1. The Kier molecular flexibility index (Phi) is 5.59. The van der Waals surface area contributed by atoms with Crippen LogP contribution in [0.3, 0.4) is 0 Å². The third-order valence-corrected chi connectivity index (χ3v) is 7.83. The van der Waals surface area contributed by atoms with Crippen molar-refractivity contribution in [3.05, 3.63) is 94.4 Å². The van der Waals surface area contributed by atoms with E-state index in [9.17, 15) is 23.3 Å². The van der Waals surface area contributed by atoms with Gasteiger partial charge in [0.25, 0.3) is 11.6 Å². The van der Waals surface area contributed by atoms with Crippen LogP contribution in [0.1, 0.15) is 15.9 Å². The quantitative estimate of drug-likeness (QED) is 0.333. The minimum absolute atomic E-state index is 0.0846. The number of aromatic nitrogens is 2. The van der Waals surface area contributed by atoms with Gasteiger partial charge in [-0.15, -0.1) is 0 Å². The first kappa shape index (κ1) is 21.4. The molecule has 0 aliphatic rings. The molecule has 0 spiro atoms. The number of sulfone groups is 1. The second kappa shape index (κ2) is 8.36. The van der Waals surface area contributed by atoms with Crippen LogP contribution in [-0.2, 0) is 9.84 Å². The van der Waals surface area contributed by atoms with Gasteiger partial charge in [0.2, 0.25) is 9.84 Å². The normalized spacial score (nSPS) is 11.3. The Morgan fingerprint density at radius 1 is 1.12 bits per heavy atom. The summed E-state index contributed by atoms with van der Waals surface area (Å²) in [6.45, 7) is 1.94. The molecular weight excluding hydrogens is 452 g/mol. The zero-order chi connectivity index (χ0) is 22.9. The van der Waals surface area contributed by atoms with Crippen LogP contribution in [0.25, 0.3) is 5.69 Å². The van der Waals surface area contributed by atoms with Crippen molar-refractivity contribution < 1.29 is 18.1 Å². The molecule has 2 aromatic carbocycles. The van der Waals surface area contributed by atoms with Crippen molar-refractivity contribution in [2.75, 3.05) is 5.32 Å². The highest BCUT2D eigenvalue weighted by Gasteiger charge is 2.22. The van der Waals surface area contributed by atoms with Gasteiger partial charge in [-0.3, -0.25) is 20.2 Å². The number of rotatable bonds is 6. The molecule has 9 nitrogen and oxygen atoms in total. The summed E-state index contributed by atoms with van der Waals surface area (Å²) in [4.78, 5) is 26.8. The van der Waals surface area contributed by atoms with Crippen molar-refractivity contribution in [2.45, 2.75) is 16.0 Å². The van der Waals surface area contributed by atoms with Gasteiger partial charge in [0.15, 0.2) is 5.13 Å². The van der Waals surface area contributed by atoms with Gasteiger partial charge in [0.05, 0.1) is 16.0 Å². The largest absolute Gasteiger partial charge is 0.324 e. The number of nitro benzene ring substituents is 1. The highest BCUT2D eigenvalue weighted by Crippen LogP contribution is 2.30. The zero-order valence-electron chi connectivity index (χ0n) is 16.6. The lowest BCUT2D eigenvalue weighted by atomic mass is 10.1. The van der Waals surface area contributed by atoms with E-state index in [-0.39, 0.29) is 19.9 Å². The average molecular weight is 469 g/mol. The lowest BCUT2D eigenvalue weighted by molar-refractivity contribution is -0.384. The lowest BCUT2D eigenvalue weighted by Gasteiger charge is -2.10. The smallest absolute Gasteiger partial charge is 0.269 e. The number of amides is 1. The molecule has 32 heavy (non-hydrogen) atoms. The number of nitro groups is 1. The molecule has 0 aliphatic carbocycles. The molecule has 2 aromatic heterocycles. The summed E-state index contributed by atoms with van der Waals surface area (Å²) in [5.41, 5.74) is 2.03. The van der Waals surface area contributed by atoms with Gasteiger partial charge >= 0.3 is 0 Å². The average Bonchev–Trinajstić information content (AvgIpc) is 3.47. The molecule has 0 atom stereocenters. The van der Waals surface area contributed by atoms with E-state index in [1.807, 2.05) is 42.1 Å². The maximum absolute atomic E-state index is 12.8. The topological polar surface area (TPSA) is 124 Å². The third kappa shape index (κ3) is 4.15. The Balaban J connectivity index is 1.55. The summed E-state index contributed by atoms with van der Waals surface area (Å²) in [6, 6.07) is 13.6. The highest BCUT2D eigenvalue weighted by atomic mass is 32.2. The lowest BCUT2D eigenvalue weighted by Crippen LogP contribution is -2.12.